The van der Waals surface area contributed by atoms with Crippen LogP contribution in [0.1, 0.15) is 73.1 Å². The van der Waals surface area contributed by atoms with Gasteiger partial charge in [-0.2, -0.15) is 8.42 Å². The molecule has 0 fully saturated rings. The summed E-state index contributed by atoms with van der Waals surface area (Å²) < 4.78 is 29.1. The second-order valence-electron chi connectivity index (χ2n) is 5.24. The first-order chi connectivity index (χ1) is 8.75. The summed E-state index contributed by atoms with van der Waals surface area (Å²) in [6, 6.07) is 0. The molecule has 2 N–H and O–H groups in total. The summed E-state index contributed by atoms with van der Waals surface area (Å²) >= 11 is 0. The number of aliphatic carboxylic acids is 1. The predicted molar refractivity (Wildman–Crippen MR) is 75.9 cm³/mol. The number of carbonyl (C=O) groups is 1. The fourth-order valence-corrected chi connectivity index (χ4v) is 2.57. The molecule has 0 aliphatic carbocycles. The molecular formula is C13H27NaO5S. The molecule has 0 bridgehead atoms. The number of hydrogen-bond donors (Lipinski definition) is 2. The van der Waals surface area contributed by atoms with Crippen molar-refractivity contribution in [3.8, 4) is 0 Å². The van der Waals surface area contributed by atoms with Crippen molar-refractivity contribution in [1.29, 1.82) is 0 Å². The van der Waals surface area contributed by atoms with E-state index in [-0.39, 0.29) is 37.4 Å². The molecular weight excluding hydrogens is 291 g/mol. The van der Waals surface area contributed by atoms with Gasteiger partial charge in [0.1, 0.15) is 0 Å². The molecule has 0 radical (unpaired) electrons. The average molecular weight is 318 g/mol. The maximum atomic E-state index is 11.1. The second-order valence-corrected chi connectivity index (χ2v) is 7.09. The van der Waals surface area contributed by atoms with Gasteiger partial charge in [-0.05, 0) is 13.3 Å². The molecule has 0 saturated heterocycles. The van der Waals surface area contributed by atoms with Crippen LogP contribution in [0.2, 0.25) is 0 Å². The fraction of sp³-hybridized carbons (Fsp3) is 0.923. The van der Waals surface area contributed by atoms with Gasteiger partial charge >= 0.3 is 35.5 Å². The Kier molecular flexibility index (Phi) is 12.5. The maximum absolute atomic E-state index is 11.1. The third-order valence-corrected chi connectivity index (χ3v) is 5.05. The molecule has 1 unspecified atom stereocenters. The topological polar surface area (TPSA) is 91.7 Å². The van der Waals surface area contributed by atoms with Crippen LogP contribution in [0, 0.1) is 0 Å². The van der Waals surface area contributed by atoms with Gasteiger partial charge in [0.2, 0.25) is 0 Å². The molecule has 1 atom stereocenters. The van der Waals surface area contributed by atoms with E-state index in [1.54, 1.807) is 0 Å². The maximum Gasteiger partial charge on any atom is 1.00 e. The van der Waals surface area contributed by atoms with Crippen molar-refractivity contribution < 1.29 is 53.9 Å². The summed E-state index contributed by atoms with van der Waals surface area (Å²) in [5.74, 6) is -1.49. The van der Waals surface area contributed by atoms with E-state index in [2.05, 4.69) is 6.92 Å². The molecule has 0 aliphatic rings. The van der Waals surface area contributed by atoms with E-state index in [0.29, 0.717) is 6.42 Å². The van der Waals surface area contributed by atoms with Crippen LogP contribution in [0.5, 0.6) is 0 Å². The van der Waals surface area contributed by atoms with Gasteiger partial charge in [0.05, 0.1) is 0 Å². The third-order valence-electron chi connectivity index (χ3n) is 3.53. The molecule has 0 aromatic heterocycles. The molecule has 0 aromatic carbocycles. The molecule has 20 heavy (non-hydrogen) atoms. The molecule has 0 aromatic rings. The fourth-order valence-electron chi connectivity index (χ4n) is 1.94. The number of rotatable bonds is 11. The Labute approximate surface area is 146 Å². The first-order valence-electron chi connectivity index (χ1n) is 6.96. The van der Waals surface area contributed by atoms with E-state index < -0.39 is 20.8 Å². The van der Waals surface area contributed by atoms with Crippen molar-refractivity contribution in [2.24, 2.45) is 0 Å². The van der Waals surface area contributed by atoms with Gasteiger partial charge in [-0.15, -0.1) is 0 Å². The minimum Gasteiger partial charge on any atom is -1.00 e. The van der Waals surface area contributed by atoms with Crippen molar-refractivity contribution in [3.05, 3.63) is 0 Å². The van der Waals surface area contributed by atoms with Crippen molar-refractivity contribution in [1.82, 2.24) is 0 Å². The van der Waals surface area contributed by atoms with E-state index in [0.717, 1.165) is 26.2 Å². The Morgan fingerprint density at radius 2 is 1.45 bits per heavy atom. The number of carboxylic acid groups (broad SMARTS) is 1. The summed E-state index contributed by atoms with van der Waals surface area (Å²) in [6.45, 7) is 3.22. The van der Waals surface area contributed by atoms with E-state index in [1.165, 1.54) is 25.7 Å². The number of carboxylic acids is 1. The molecule has 0 heterocycles. The summed E-state index contributed by atoms with van der Waals surface area (Å²) in [5, 5.41) is 8.93. The molecule has 5 nitrogen and oxygen atoms in total. The zero-order valence-electron chi connectivity index (χ0n) is 13.9. The molecule has 0 saturated carbocycles. The standard InChI is InChI=1S/C13H26O5S.Na.H/c1-3-4-5-6-7-8-9-10-11-13(2,12(14)15)19(16,17)18;;/h3-11H2,1-2H3,(H,14,15)(H,16,17,18);;/q;+1;-1. The Bertz CT molecular complexity index is 375. The van der Waals surface area contributed by atoms with Gasteiger partial charge in [-0.3, -0.25) is 9.35 Å². The Hall–Kier alpha value is 0.380. The largest absolute Gasteiger partial charge is 1.00 e. The van der Waals surface area contributed by atoms with Gasteiger partial charge in [0.15, 0.2) is 4.75 Å². The van der Waals surface area contributed by atoms with Crippen LogP contribution < -0.4 is 29.6 Å². The van der Waals surface area contributed by atoms with Crippen LogP contribution in [-0.2, 0) is 14.9 Å². The quantitative estimate of drug-likeness (QED) is 0.326. The van der Waals surface area contributed by atoms with Crippen LogP contribution in [0.25, 0.3) is 0 Å². The van der Waals surface area contributed by atoms with Crippen molar-refractivity contribution in [2.45, 2.75) is 76.4 Å². The molecule has 0 rings (SSSR count). The van der Waals surface area contributed by atoms with Crippen molar-refractivity contribution >= 4 is 16.1 Å². The summed E-state index contributed by atoms with van der Waals surface area (Å²) in [6.07, 6.45) is 8.14. The molecule has 0 amide bonds. The molecule has 0 spiro atoms. The molecule has 116 valence electrons. The smallest absolute Gasteiger partial charge is 1.00 e. The van der Waals surface area contributed by atoms with Crippen LogP contribution in [0.15, 0.2) is 0 Å². The number of hydrogen-bond acceptors (Lipinski definition) is 3. The zero-order chi connectivity index (χ0) is 14.9. The Balaban J connectivity index is -0.00000162. The average Bonchev–Trinajstić information content (AvgIpc) is 2.30. The van der Waals surface area contributed by atoms with Crippen LogP contribution in [0.4, 0.5) is 0 Å². The normalized spacial score (nSPS) is 14.3. The second kappa shape index (κ2) is 11.0. The molecule has 7 heteroatoms. The van der Waals surface area contributed by atoms with Gasteiger partial charge in [-0.1, -0.05) is 58.3 Å². The first-order valence-corrected chi connectivity index (χ1v) is 8.40. The minimum atomic E-state index is -4.57. The van der Waals surface area contributed by atoms with Crippen LogP contribution in [0.3, 0.4) is 0 Å². The van der Waals surface area contributed by atoms with Gasteiger partial charge in [-0.25, -0.2) is 0 Å². The SMILES string of the molecule is CCCCCCCCCCC(C)(C(=O)O)S(=O)(=O)O.[H-].[Na+]. The zero-order valence-corrected chi connectivity index (χ0v) is 15.7. The van der Waals surface area contributed by atoms with E-state index in [4.69, 9.17) is 9.66 Å². The van der Waals surface area contributed by atoms with E-state index >= 15 is 0 Å². The minimum absolute atomic E-state index is 0. The molecule has 0 aliphatic heterocycles. The first kappa shape index (κ1) is 22.7. The van der Waals surface area contributed by atoms with Gasteiger partial charge in [0.25, 0.3) is 10.1 Å². The monoisotopic (exact) mass is 318 g/mol. The van der Waals surface area contributed by atoms with E-state index in [1.807, 2.05) is 0 Å². The predicted octanol–water partition coefficient (Wildman–Crippen LogP) is 0.365. The van der Waals surface area contributed by atoms with Crippen LogP contribution in [-0.4, -0.2) is 28.8 Å². The summed E-state index contributed by atoms with van der Waals surface area (Å²) in [5.41, 5.74) is 0. The van der Waals surface area contributed by atoms with Crippen LogP contribution >= 0.6 is 0 Å². The van der Waals surface area contributed by atoms with E-state index in [9.17, 15) is 13.2 Å². The van der Waals surface area contributed by atoms with Crippen molar-refractivity contribution in [3.63, 3.8) is 0 Å². The number of unbranched alkanes of at least 4 members (excludes halogenated alkanes) is 7. The Morgan fingerprint density at radius 1 is 1.05 bits per heavy atom. The van der Waals surface area contributed by atoms with Crippen molar-refractivity contribution in [2.75, 3.05) is 0 Å². The third kappa shape index (κ3) is 7.98. The summed E-state index contributed by atoms with van der Waals surface area (Å²) in [7, 11) is -4.57. The summed E-state index contributed by atoms with van der Waals surface area (Å²) in [4.78, 5) is 11.0. The van der Waals surface area contributed by atoms with Gasteiger partial charge in [0, 0.05) is 0 Å². The Morgan fingerprint density at radius 3 is 1.80 bits per heavy atom. The van der Waals surface area contributed by atoms with Gasteiger partial charge < -0.3 is 6.53 Å².